The van der Waals surface area contributed by atoms with Gasteiger partial charge in [-0.25, -0.2) is 0 Å². The highest BCUT2D eigenvalue weighted by Crippen LogP contribution is 2.44. The molecule has 1 amide bonds. The van der Waals surface area contributed by atoms with E-state index < -0.39 is 11.9 Å². The summed E-state index contributed by atoms with van der Waals surface area (Å²) in [7, 11) is 0. The molecule has 0 aliphatic carbocycles. The molecule has 2 aliphatic rings. The number of likely N-dealkylation sites (tertiary alicyclic amines) is 1. The molecule has 0 radical (unpaired) electrons. The summed E-state index contributed by atoms with van der Waals surface area (Å²) in [6, 6.07) is 0. The molecule has 90 valence electrons. The zero-order valence-electron chi connectivity index (χ0n) is 9.44. The van der Waals surface area contributed by atoms with E-state index in [0.29, 0.717) is 26.3 Å². The number of nitrogens with zero attached hydrogens (tertiary/aromatic N) is 1. The van der Waals surface area contributed by atoms with Crippen molar-refractivity contribution in [1.82, 2.24) is 4.90 Å². The number of ether oxygens (including phenoxy) is 1. The molecular weight excluding hydrogens is 210 g/mol. The van der Waals surface area contributed by atoms with Gasteiger partial charge in [-0.05, 0) is 12.8 Å². The number of carboxylic acid groups (broad SMARTS) is 1. The topological polar surface area (TPSA) is 66.8 Å². The standard InChI is InChI=1S/C11H17NO4/c1-8(13)12-6-9(10(14)15)11(7-12)2-4-16-5-3-11/h9H,2-7H2,1H3,(H,14,15). The number of carbonyl (C=O) groups is 2. The van der Waals surface area contributed by atoms with E-state index >= 15 is 0 Å². The maximum absolute atomic E-state index is 11.3. The van der Waals surface area contributed by atoms with E-state index in [-0.39, 0.29) is 11.3 Å². The summed E-state index contributed by atoms with van der Waals surface area (Å²) >= 11 is 0. The van der Waals surface area contributed by atoms with Crippen LogP contribution in [-0.2, 0) is 14.3 Å². The minimum Gasteiger partial charge on any atom is -0.481 e. The minimum atomic E-state index is -0.786. The number of hydrogen-bond acceptors (Lipinski definition) is 3. The van der Waals surface area contributed by atoms with Gasteiger partial charge in [-0.15, -0.1) is 0 Å². The van der Waals surface area contributed by atoms with Crippen LogP contribution >= 0.6 is 0 Å². The Hall–Kier alpha value is -1.10. The molecule has 2 saturated heterocycles. The molecule has 2 rings (SSSR count). The average molecular weight is 227 g/mol. The van der Waals surface area contributed by atoms with Gasteiger partial charge in [0.05, 0.1) is 5.92 Å². The van der Waals surface area contributed by atoms with E-state index in [1.165, 1.54) is 6.92 Å². The van der Waals surface area contributed by atoms with Gasteiger partial charge in [0.15, 0.2) is 0 Å². The summed E-state index contributed by atoms with van der Waals surface area (Å²) in [6.07, 6.45) is 1.49. The van der Waals surface area contributed by atoms with Crippen LogP contribution in [0.2, 0.25) is 0 Å². The lowest BCUT2D eigenvalue weighted by molar-refractivity contribution is -0.146. The Bertz CT molecular complexity index is 309. The fraction of sp³-hybridized carbons (Fsp3) is 0.818. The fourth-order valence-electron chi connectivity index (χ4n) is 2.83. The first-order valence-electron chi connectivity index (χ1n) is 5.61. The highest BCUT2D eigenvalue weighted by molar-refractivity contribution is 5.77. The Labute approximate surface area is 94.4 Å². The van der Waals surface area contributed by atoms with Crippen LogP contribution in [0.5, 0.6) is 0 Å². The van der Waals surface area contributed by atoms with Crippen LogP contribution in [0.25, 0.3) is 0 Å². The molecule has 1 spiro atoms. The second kappa shape index (κ2) is 4.05. The highest BCUT2D eigenvalue weighted by atomic mass is 16.5. The Balaban J connectivity index is 2.20. The number of hydrogen-bond donors (Lipinski definition) is 1. The minimum absolute atomic E-state index is 0.0328. The van der Waals surface area contributed by atoms with Crippen LogP contribution in [0, 0.1) is 11.3 Å². The van der Waals surface area contributed by atoms with Gasteiger partial charge in [-0.2, -0.15) is 0 Å². The molecule has 2 fully saturated rings. The van der Waals surface area contributed by atoms with Gasteiger partial charge in [-0.1, -0.05) is 0 Å². The molecule has 0 aromatic heterocycles. The predicted molar refractivity (Wildman–Crippen MR) is 55.9 cm³/mol. The third kappa shape index (κ3) is 1.80. The molecule has 1 unspecified atom stereocenters. The first kappa shape index (κ1) is 11.4. The van der Waals surface area contributed by atoms with Crippen molar-refractivity contribution in [2.24, 2.45) is 11.3 Å². The van der Waals surface area contributed by atoms with Crippen LogP contribution in [0.3, 0.4) is 0 Å². The maximum atomic E-state index is 11.3. The molecule has 16 heavy (non-hydrogen) atoms. The molecule has 5 nitrogen and oxygen atoms in total. The second-order valence-electron chi connectivity index (χ2n) is 4.77. The van der Waals surface area contributed by atoms with Crippen molar-refractivity contribution in [2.45, 2.75) is 19.8 Å². The van der Waals surface area contributed by atoms with Crippen molar-refractivity contribution in [3.05, 3.63) is 0 Å². The van der Waals surface area contributed by atoms with Crippen molar-refractivity contribution < 1.29 is 19.4 Å². The van der Waals surface area contributed by atoms with E-state index in [4.69, 9.17) is 4.74 Å². The van der Waals surface area contributed by atoms with E-state index in [1.807, 2.05) is 0 Å². The van der Waals surface area contributed by atoms with Gasteiger partial charge in [-0.3, -0.25) is 9.59 Å². The summed E-state index contributed by atoms with van der Waals surface area (Å²) in [5.74, 6) is -1.25. The van der Waals surface area contributed by atoms with Gasteiger partial charge >= 0.3 is 5.97 Å². The molecule has 0 aromatic carbocycles. The lowest BCUT2D eigenvalue weighted by atomic mass is 9.72. The van der Waals surface area contributed by atoms with E-state index in [2.05, 4.69) is 0 Å². The second-order valence-corrected chi connectivity index (χ2v) is 4.77. The van der Waals surface area contributed by atoms with Crippen LogP contribution < -0.4 is 0 Å². The predicted octanol–water partition coefficient (Wildman–Crippen LogP) is 0.346. The molecule has 2 heterocycles. The molecule has 0 saturated carbocycles. The number of carboxylic acids is 1. The molecule has 0 aromatic rings. The van der Waals surface area contributed by atoms with Crippen LogP contribution in [0.15, 0.2) is 0 Å². The fourth-order valence-corrected chi connectivity index (χ4v) is 2.83. The molecule has 1 N–H and O–H groups in total. The van der Waals surface area contributed by atoms with Crippen LogP contribution in [0.4, 0.5) is 0 Å². The SMILES string of the molecule is CC(=O)N1CC(C(=O)O)C2(CCOCC2)C1. The first-order valence-corrected chi connectivity index (χ1v) is 5.61. The Morgan fingerprint density at radius 1 is 1.38 bits per heavy atom. The summed E-state index contributed by atoms with van der Waals surface area (Å²) in [6.45, 7) is 3.63. The lowest BCUT2D eigenvalue weighted by Gasteiger charge is -2.35. The third-order valence-electron chi connectivity index (χ3n) is 3.88. The molecule has 0 bridgehead atoms. The van der Waals surface area contributed by atoms with Crippen LogP contribution in [-0.4, -0.2) is 48.2 Å². The average Bonchev–Trinajstić information content (AvgIpc) is 2.59. The Morgan fingerprint density at radius 3 is 2.50 bits per heavy atom. The zero-order chi connectivity index (χ0) is 11.8. The molecule has 2 aliphatic heterocycles. The quantitative estimate of drug-likeness (QED) is 0.701. The summed E-state index contributed by atoms with van der Waals surface area (Å²) < 4.78 is 5.28. The monoisotopic (exact) mass is 227 g/mol. The van der Waals surface area contributed by atoms with E-state index in [1.54, 1.807) is 4.90 Å². The van der Waals surface area contributed by atoms with Crippen molar-refractivity contribution in [3.63, 3.8) is 0 Å². The third-order valence-corrected chi connectivity index (χ3v) is 3.88. The van der Waals surface area contributed by atoms with E-state index in [0.717, 1.165) is 12.8 Å². The van der Waals surface area contributed by atoms with E-state index in [9.17, 15) is 14.7 Å². The largest absolute Gasteiger partial charge is 0.481 e. The smallest absolute Gasteiger partial charge is 0.308 e. The summed E-state index contributed by atoms with van der Waals surface area (Å²) in [4.78, 5) is 24.3. The van der Waals surface area contributed by atoms with Crippen molar-refractivity contribution in [3.8, 4) is 0 Å². The zero-order valence-corrected chi connectivity index (χ0v) is 9.44. The van der Waals surface area contributed by atoms with Gasteiger partial charge in [0.2, 0.25) is 5.91 Å². The van der Waals surface area contributed by atoms with Gasteiger partial charge in [0, 0.05) is 38.6 Å². The van der Waals surface area contributed by atoms with Gasteiger partial charge in [0.1, 0.15) is 0 Å². The van der Waals surface area contributed by atoms with Crippen molar-refractivity contribution >= 4 is 11.9 Å². The Morgan fingerprint density at radius 2 is 2.00 bits per heavy atom. The van der Waals surface area contributed by atoms with Gasteiger partial charge in [0.25, 0.3) is 0 Å². The molecule has 1 atom stereocenters. The maximum Gasteiger partial charge on any atom is 0.308 e. The van der Waals surface area contributed by atoms with Crippen molar-refractivity contribution in [2.75, 3.05) is 26.3 Å². The number of rotatable bonds is 1. The van der Waals surface area contributed by atoms with Gasteiger partial charge < -0.3 is 14.7 Å². The number of aliphatic carboxylic acids is 1. The number of amides is 1. The normalized spacial score (nSPS) is 28.3. The number of carbonyl (C=O) groups excluding carboxylic acids is 1. The highest BCUT2D eigenvalue weighted by Gasteiger charge is 2.51. The van der Waals surface area contributed by atoms with Crippen LogP contribution in [0.1, 0.15) is 19.8 Å². The summed E-state index contributed by atoms with van der Waals surface area (Å²) in [5, 5.41) is 9.25. The first-order chi connectivity index (χ1) is 7.55. The molecular formula is C11H17NO4. The molecule has 5 heteroatoms. The lowest BCUT2D eigenvalue weighted by Crippen LogP contribution is -2.40. The van der Waals surface area contributed by atoms with Crippen molar-refractivity contribution in [1.29, 1.82) is 0 Å². The summed E-state index contributed by atoms with van der Waals surface area (Å²) in [5.41, 5.74) is -0.254. The Kier molecular flexibility index (Phi) is 2.88.